The first-order valence-electron chi connectivity index (χ1n) is 7.04. The molecule has 9 heteroatoms. The zero-order chi connectivity index (χ0) is 15.7. The average Bonchev–Trinajstić information content (AvgIpc) is 3.05. The fourth-order valence-electron chi connectivity index (χ4n) is 2.67. The number of fused-ring (bicyclic) bond motifs is 1. The summed E-state index contributed by atoms with van der Waals surface area (Å²) in [7, 11) is 1.56. The number of aromatic nitrogens is 4. The molecule has 3 rings (SSSR count). The molecule has 1 aliphatic rings. The predicted molar refractivity (Wildman–Crippen MR) is 76.9 cm³/mol. The second kappa shape index (κ2) is 6.13. The topological polar surface area (TPSA) is 118 Å². The minimum atomic E-state index is -0.804. The Morgan fingerprint density at radius 1 is 1.41 bits per heavy atom. The zero-order valence-electron chi connectivity index (χ0n) is 12.4. The molecule has 0 unspecified atom stereocenters. The van der Waals surface area contributed by atoms with E-state index >= 15 is 0 Å². The molecule has 1 aliphatic heterocycles. The number of rotatable bonds is 5. The van der Waals surface area contributed by atoms with Gasteiger partial charge in [0, 0.05) is 13.7 Å². The molecule has 2 aromatic rings. The molecule has 22 heavy (non-hydrogen) atoms. The molecule has 120 valence electrons. The van der Waals surface area contributed by atoms with Crippen molar-refractivity contribution >= 4 is 17.0 Å². The van der Waals surface area contributed by atoms with Crippen molar-refractivity contribution in [1.29, 1.82) is 0 Å². The number of hydrogen-bond donors (Lipinski definition) is 2. The van der Waals surface area contributed by atoms with Crippen molar-refractivity contribution in [2.45, 2.75) is 31.5 Å². The number of anilines is 1. The van der Waals surface area contributed by atoms with Gasteiger partial charge in [0.2, 0.25) is 0 Å². The fourth-order valence-corrected chi connectivity index (χ4v) is 2.67. The van der Waals surface area contributed by atoms with E-state index in [1.807, 2.05) is 6.92 Å². The van der Waals surface area contributed by atoms with Crippen LogP contribution in [0.15, 0.2) is 12.7 Å². The highest BCUT2D eigenvalue weighted by Crippen LogP contribution is 2.34. The molecule has 1 fully saturated rings. The van der Waals surface area contributed by atoms with Crippen molar-refractivity contribution in [3.8, 4) is 0 Å². The van der Waals surface area contributed by atoms with E-state index in [0.29, 0.717) is 23.6 Å². The van der Waals surface area contributed by atoms with Crippen molar-refractivity contribution in [3.63, 3.8) is 0 Å². The number of nitrogens with two attached hydrogens (primary N) is 1. The molecule has 3 N–H and O–H groups in total. The molecule has 0 spiro atoms. The van der Waals surface area contributed by atoms with Gasteiger partial charge in [-0.1, -0.05) is 0 Å². The van der Waals surface area contributed by atoms with Crippen molar-refractivity contribution in [3.05, 3.63) is 12.7 Å². The molecule has 9 nitrogen and oxygen atoms in total. The summed E-state index contributed by atoms with van der Waals surface area (Å²) in [4.78, 5) is 12.3. The van der Waals surface area contributed by atoms with Gasteiger partial charge in [-0.3, -0.25) is 4.57 Å². The van der Waals surface area contributed by atoms with Crippen molar-refractivity contribution < 1.29 is 19.3 Å². The van der Waals surface area contributed by atoms with Gasteiger partial charge in [-0.05, 0) is 6.92 Å². The number of aliphatic hydroxyl groups excluding tert-OH is 1. The Kier molecular flexibility index (Phi) is 4.21. The van der Waals surface area contributed by atoms with Gasteiger partial charge in [0.25, 0.3) is 0 Å². The van der Waals surface area contributed by atoms with Crippen LogP contribution in [0, 0.1) is 0 Å². The molecule has 0 amide bonds. The summed E-state index contributed by atoms with van der Waals surface area (Å²) in [6.07, 6.45) is 0.538. The van der Waals surface area contributed by atoms with Crippen LogP contribution in [-0.2, 0) is 14.2 Å². The number of aliphatic hydroxyl groups is 1. The van der Waals surface area contributed by atoms with Crippen LogP contribution in [-0.4, -0.2) is 63.3 Å². The maximum absolute atomic E-state index is 10.4. The smallest absolute Gasteiger partial charge is 0.167 e. The maximum atomic E-state index is 10.4. The molecule has 3 heterocycles. The number of ether oxygens (including phenoxy) is 3. The summed E-state index contributed by atoms with van der Waals surface area (Å²) in [5, 5.41) is 10.4. The number of nitrogens with zero attached hydrogens (tertiary/aromatic N) is 4. The number of hydrogen-bond acceptors (Lipinski definition) is 8. The summed E-state index contributed by atoms with van der Waals surface area (Å²) in [5.41, 5.74) is 6.82. The largest absolute Gasteiger partial charge is 0.387 e. The fraction of sp³-hybridized carbons (Fsp3) is 0.615. The molecule has 0 radical (unpaired) electrons. The lowest BCUT2D eigenvalue weighted by Gasteiger charge is -2.21. The average molecular weight is 309 g/mol. The van der Waals surface area contributed by atoms with Crippen molar-refractivity contribution in [2.24, 2.45) is 0 Å². The van der Waals surface area contributed by atoms with Crippen molar-refractivity contribution in [1.82, 2.24) is 19.5 Å². The third-order valence-corrected chi connectivity index (χ3v) is 3.66. The minimum Gasteiger partial charge on any atom is -0.387 e. The highest BCUT2D eigenvalue weighted by molar-refractivity contribution is 5.81. The first-order chi connectivity index (χ1) is 10.7. The lowest BCUT2D eigenvalue weighted by molar-refractivity contribution is -0.0703. The molecule has 4 atom stereocenters. The molecule has 0 aromatic carbocycles. The second-order valence-corrected chi connectivity index (χ2v) is 5.01. The highest BCUT2D eigenvalue weighted by Gasteiger charge is 2.45. The van der Waals surface area contributed by atoms with Crippen LogP contribution in [0.4, 0.5) is 5.82 Å². The van der Waals surface area contributed by atoms with E-state index in [1.165, 1.54) is 6.33 Å². The first-order valence-corrected chi connectivity index (χ1v) is 7.04. The third kappa shape index (κ3) is 2.41. The van der Waals surface area contributed by atoms with E-state index in [4.69, 9.17) is 19.9 Å². The monoisotopic (exact) mass is 309 g/mol. The highest BCUT2D eigenvalue weighted by atomic mass is 16.6. The molecule has 0 aliphatic carbocycles. The SMILES string of the molecule is CCO[C@@H]1[C@H](O)[C@@H](COC)O[C@H]1n1cnc2c(N)ncnc21. The standard InChI is InChI=1S/C13H19N5O4/c1-3-21-10-9(19)7(4-20-2)22-13(10)18-6-17-8-11(14)15-5-16-12(8)18/h5-7,9-10,13,19H,3-4H2,1-2H3,(H2,14,15,16)/t7-,9-,10-,13-/m1/s1. The normalized spacial score (nSPS) is 28.5. The molecule has 2 aromatic heterocycles. The quantitative estimate of drug-likeness (QED) is 0.774. The molecule has 1 saturated heterocycles. The van der Waals surface area contributed by atoms with Gasteiger partial charge in [-0.25, -0.2) is 15.0 Å². The Morgan fingerprint density at radius 3 is 2.95 bits per heavy atom. The van der Waals surface area contributed by atoms with Gasteiger partial charge in [0.15, 0.2) is 17.7 Å². The Bertz CT molecular complexity index is 648. The van der Waals surface area contributed by atoms with E-state index in [1.54, 1.807) is 18.0 Å². The molecule has 0 saturated carbocycles. The Hall–Kier alpha value is -1.81. The van der Waals surface area contributed by atoms with Crippen LogP contribution in [0.2, 0.25) is 0 Å². The summed E-state index contributed by atoms with van der Waals surface area (Å²) >= 11 is 0. The summed E-state index contributed by atoms with van der Waals surface area (Å²) in [6, 6.07) is 0. The van der Waals surface area contributed by atoms with Gasteiger partial charge in [0.05, 0.1) is 12.9 Å². The second-order valence-electron chi connectivity index (χ2n) is 5.01. The molecule has 0 bridgehead atoms. The first kappa shape index (κ1) is 15.1. The number of methoxy groups -OCH3 is 1. The van der Waals surface area contributed by atoms with Crippen molar-refractivity contribution in [2.75, 3.05) is 26.1 Å². The lowest BCUT2D eigenvalue weighted by Crippen LogP contribution is -2.35. The number of nitrogen functional groups attached to an aromatic ring is 1. The van der Waals surface area contributed by atoms with Gasteiger partial charge < -0.3 is 25.1 Å². The van der Waals surface area contributed by atoms with E-state index in [2.05, 4.69) is 15.0 Å². The Balaban J connectivity index is 1.98. The van der Waals surface area contributed by atoms with Crippen LogP contribution in [0.1, 0.15) is 13.2 Å². The summed E-state index contributed by atoms with van der Waals surface area (Å²) in [5.74, 6) is 0.295. The van der Waals surface area contributed by atoms with Crippen LogP contribution >= 0.6 is 0 Å². The predicted octanol–water partition coefficient (Wildman–Crippen LogP) is -0.282. The van der Waals surface area contributed by atoms with Crippen LogP contribution in [0.25, 0.3) is 11.2 Å². The zero-order valence-corrected chi connectivity index (χ0v) is 12.4. The minimum absolute atomic E-state index is 0.269. The molecular formula is C13H19N5O4. The maximum Gasteiger partial charge on any atom is 0.167 e. The van der Waals surface area contributed by atoms with Gasteiger partial charge in [-0.15, -0.1) is 0 Å². The van der Waals surface area contributed by atoms with E-state index < -0.39 is 24.5 Å². The summed E-state index contributed by atoms with van der Waals surface area (Å²) < 4.78 is 18.3. The van der Waals surface area contributed by atoms with E-state index in [-0.39, 0.29) is 6.61 Å². The lowest BCUT2D eigenvalue weighted by atomic mass is 10.1. The van der Waals surface area contributed by atoms with E-state index in [0.717, 1.165) is 0 Å². The number of imidazole rings is 1. The van der Waals surface area contributed by atoms with Gasteiger partial charge in [0.1, 0.15) is 30.2 Å². The van der Waals surface area contributed by atoms with E-state index in [9.17, 15) is 5.11 Å². The van der Waals surface area contributed by atoms with Crippen LogP contribution < -0.4 is 5.73 Å². The van der Waals surface area contributed by atoms with Gasteiger partial charge >= 0.3 is 0 Å². The Labute approximate surface area is 127 Å². The third-order valence-electron chi connectivity index (χ3n) is 3.66. The summed E-state index contributed by atoms with van der Waals surface area (Å²) in [6.45, 7) is 2.58. The Morgan fingerprint density at radius 2 is 2.23 bits per heavy atom. The molecular weight excluding hydrogens is 290 g/mol. The van der Waals surface area contributed by atoms with Crippen LogP contribution in [0.3, 0.4) is 0 Å². The van der Waals surface area contributed by atoms with Crippen LogP contribution in [0.5, 0.6) is 0 Å². The van der Waals surface area contributed by atoms with Gasteiger partial charge in [-0.2, -0.15) is 0 Å².